The van der Waals surface area contributed by atoms with Gasteiger partial charge < -0.3 is 9.84 Å². The van der Waals surface area contributed by atoms with Crippen LogP contribution in [0, 0.1) is 0 Å². The Hall–Kier alpha value is -2.14. The van der Waals surface area contributed by atoms with E-state index in [1.807, 2.05) is 0 Å². The van der Waals surface area contributed by atoms with Crippen molar-refractivity contribution < 1.29 is 19.4 Å². The molecule has 2 N–H and O–H groups in total. The Kier molecular flexibility index (Phi) is 3.20. The average Bonchev–Trinajstić information content (AvgIpc) is 2.85. The third kappa shape index (κ3) is 2.51. The molecule has 0 aliphatic heterocycles. The highest BCUT2D eigenvalue weighted by atomic mass is 32.1. The minimum Gasteiger partial charge on any atom is -0.591 e. The molecule has 0 bridgehead atoms. The van der Waals surface area contributed by atoms with E-state index in [0.29, 0.717) is 16.7 Å². The third-order valence-electron chi connectivity index (χ3n) is 2.06. The maximum Gasteiger partial charge on any atom is 0.354 e. The fourth-order valence-corrected chi connectivity index (χ4v) is 1.85. The van der Waals surface area contributed by atoms with Crippen LogP contribution in [0.5, 0.6) is 11.5 Å². The van der Waals surface area contributed by atoms with Crippen molar-refractivity contribution >= 4 is 23.6 Å². The Balaban J connectivity index is 2.19. The van der Waals surface area contributed by atoms with Crippen molar-refractivity contribution in [3.8, 4) is 11.5 Å². The van der Waals surface area contributed by atoms with Gasteiger partial charge in [-0.25, -0.2) is 4.79 Å². The standard InChI is InChI=1S/C12H8O4S/c13-7-8-3-4-10(9(14)6-8)16-12(15)11-2-1-5-17-11/h1-7,14H/p+1. The largest absolute Gasteiger partial charge is 0.591 e. The lowest BCUT2D eigenvalue weighted by Gasteiger charge is -2.02. The number of esters is 1. The van der Waals surface area contributed by atoms with Crippen LogP contribution in [0.3, 0.4) is 0 Å². The van der Waals surface area contributed by atoms with Crippen molar-refractivity contribution in [2.75, 3.05) is 0 Å². The smallest absolute Gasteiger partial charge is 0.354 e. The maximum atomic E-state index is 11.6. The maximum absolute atomic E-state index is 11.6. The summed E-state index contributed by atoms with van der Waals surface area (Å²) < 4.78 is 5.06. The number of hydrogen-bond donors (Lipinski definition) is 0. The van der Waals surface area contributed by atoms with Gasteiger partial charge in [-0.05, 0) is 23.6 Å². The van der Waals surface area contributed by atoms with Crippen LogP contribution in [0.1, 0.15) is 20.0 Å². The van der Waals surface area contributed by atoms with Crippen molar-refractivity contribution in [2.45, 2.75) is 0 Å². The number of aldehydes is 1. The molecule has 2 aromatic rings. The highest BCUT2D eigenvalue weighted by molar-refractivity contribution is 7.12. The van der Waals surface area contributed by atoms with E-state index < -0.39 is 5.97 Å². The Morgan fingerprint density at radius 3 is 2.76 bits per heavy atom. The van der Waals surface area contributed by atoms with Gasteiger partial charge in [-0.1, -0.05) is 6.07 Å². The van der Waals surface area contributed by atoms with E-state index >= 15 is 0 Å². The molecule has 1 heterocycles. The molecule has 0 fully saturated rings. The first-order valence-corrected chi connectivity index (χ1v) is 5.65. The molecule has 0 spiro atoms. The van der Waals surface area contributed by atoms with E-state index in [1.54, 1.807) is 17.5 Å². The summed E-state index contributed by atoms with van der Waals surface area (Å²) in [5.41, 5.74) is 0.380. The Morgan fingerprint density at radius 1 is 1.35 bits per heavy atom. The number of carbonyl (C=O) groups excluding carboxylic acids is 2. The molecule has 4 nitrogen and oxygen atoms in total. The second kappa shape index (κ2) is 4.80. The summed E-state index contributed by atoms with van der Waals surface area (Å²) >= 11 is 1.27. The zero-order valence-electron chi connectivity index (χ0n) is 8.67. The summed E-state index contributed by atoms with van der Waals surface area (Å²) in [6.45, 7) is 0. The lowest BCUT2D eigenvalue weighted by molar-refractivity contribution is 0.0734. The van der Waals surface area contributed by atoms with Crippen LogP contribution in [0.25, 0.3) is 0 Å². The van der Waals surface area contributed by atoms with Crippen molar-refractivity contribution in [3.05, 3.63) is 46.2 Å². The number of ether oxygens (including phenoxy) is 1. The molecule has 86 valence electrons. The van der Waals surface area contributed by atoms with Gasteiger partial charge in [-0.3, -0.25) is 4.79 Å². The monoisotopic (exact) mass is 249 g/mol. The fourth-order valence-electron chi connectivity index (χ4n) is 1.25. The second-order valence-electron chi connectivity index (χ2n) is 3.24. The number of thiophene rings is 1. The van der Waals surface area contributed by atoms with Crippen molar-refractivity contribution in [3.63, 3.8) is 0 Å². The third-order valence-corrected chi connectivity index (χ3v) is 2.91. The van der Waals surface area contributed by atoms with Gasteiger partial charge in [0.2, 0.25) is 5.75 Å². The average molecular weight is 249 g/mol. The predicted octanol–water partition coefficient (Wildman–Crippen LogP) is 2.22. The van der Waals surface area contributed by atoms with Gasteiger partial charge in [0, 0.05) is 11.6 Å². The zero-order valence-corrected chi connectivity index (χ0v) is 9.49. The summed E-state index contributed by atoms with van der Waals surface area (Å²) in [7, 11) is 0. The molecule has 17 heavy (non-hydrogen) atoms. The van der Waals surface area contributed by atoms with E-state index in [0.717, 1.165) is 0 Å². The van der Waals surface area contributed by atoms with E-state index in [9.17, 15) is 9.59 Å². The molecule has 0 saturated carbocycles. The summed E-state index contributed by atoms with van der Waals surface area (Å²) in [5.74, 6) is -0.333. The minimum absolute atomic E-state index is 0.0134. The van der Waals surface area contributed by atoms with Gasteiger partial charge in [-0.15, -0.1) is 11.3 Å². The lowest BCUT2D eigenvalue weighted by atomic mass is 10.2. The molecule has 0 unspecified atom stereocenters. The molecule has 0 aliphatic carbocycles. The summed E-state index contributed by atoms with van der Waals surface area (Å²) in [6.07, 6.45) is 0.642. The predicted molar refractivity (Wildman–Crippen MR) is 64.2 cm³/mol. The fraction of sp³-hybridized carbons (Fsp3) is 0. The molecular weight excluding hydrogens is 240 g/mol. The van der Waals surface area contributed by atoms with E-state index in [-0.39, 0.29) is 11.5 Å². The molecule has 1 aromatic heterocycles. The first-order valence-electron chi connectivity index (χ1n) is 4.77. The lowest BCUT2D eigenvalue weighted by Crippen LogP contribution is -2.06. The first-order chi connectivity index (χ1) is 8.20. The van der Waals surface area contributed by atoms with Crippen LogP contribution in [0.4, 0.5) is 0 Å². The summed E-state index contributed by atoms with van der Waals surface area (Å²) in [4.78, 5) is 22.6. The van der Waals surface area contributed by atoms with Gasteiger partial charge in [-0.2, -0.15) is 0 Å². The summed E-state index contributed by atoms with van der Waals surface area (Å²) in [6, 6.07) is 7.69. The van der Waals surface area contributed by atoms with E-state index in [1.165, 1.54) is 29.5 Å². The van der Waals surface area contributed by atoms with Crippen LogP contribution in [-0.4, -0.2) is 17.4 Å². The number of rotatable bonds is 3. The normalized spacial score (nSPS) is 9.88. The molecule has 0 radical (unpaired) electrons. The van der Waals surface area contributed by atoms with Gasteiger partial charge in [0.1, 0.15) is 11.2 Å². The number of carbonyl (C=O) groups is 2. The van der Waals surface area contributed by atoms with Crippen molar-refractivity contribution in [1.82, 2.24) is 0 Å². The number of benzene rings is 1. The summed E-state index contributed by atoms with van der Waals surface area (Å²) in [5, 5.41) is 9.37. The van der Waals surface area contributed by atoms with Crippen LogP contribution < -0.4 is 4.74 Å². The SMILES string of the molecule is O=Cc1ccc(OC(=O)c2cccs2)c([OH2+])c1. The van der Waals surface area contributed by atoms with E-state index in [4.69, 9.17) is 9.84 Å². The van der Waals surface area contributed by atoms with Crippen molar-refractivity contribution in [1.29, 1.82) is 0 Å². The molecule has 0 aliphatic rings. The topological polar surface area (TPSA) is 66.3 Å². The Bertz CT molecular complexity index is 546. The van der Waals surface area contributed by atoms with Crippen LogP contribution in [0.15, 0.2) is 35.7 Å². The molecule has 0 atom stereocenters. The first kappa shape index (κ1) is 11.3. The quantitative estimate of drug-likeness (QED) is 0.362. The van der Waals surface area contributed by atoms with Gasteiger partial charge >= 0.3 is 5.97 Å². The van der Waals surface area contributed by atoms with Gasteiger partial charge in [0.15, 0.2) is 0 Å². The number of hydrogen-bond acceptors (Lipinski definition) is 4. The molecule has 0 saturated heterocycles. The van der Waals surface area contributed by atoms with Crippen LogP contribution in [-0.2, 0) is 0 Å². The van der Waals surface area contributed by atoms with Crippen LogP contribution >= 0.6 is 11.3 Å². The molecule has 2 rings (SSSR count). The Labute approximate surface area is 101 Å². The van der Waals surface area contributed by atoms with Crippen molar-refractivity contribution in [2.24, 2.45) is 0 Å². The minimum atomic E-state index is -0.493. The molecule has 1 aromatic carbocycles. The van der Waals surface area contributed by atoms with Gasteiger partial charge in [0.05, 0.1) is 0 Å². The Morgan fingerprint density at radius 2 is 2.18 bits per heavy atom. The molecule has 5 heteroatoms. The van der Waals surface area contributed by atoms with E-state index in [2.05, 4.69) is 0 Å². The molecular formula is C12H9O4S+. The van der Waals surface area contributed by atoms with Gasteiger partial charge in [0.25, 0.3) is 5.75 Å². The zero-order chi connectivity index (χ0) is 12.3. The second-order valence-corrected chi connectivity index (χ2v) is 4.19. The van der Waals surface area contributed by atoms with Crippen LogP contribution in [0.2, 0.25) is 0 Å². The molecule has 0 amide bonds. The highest BCUT2D eigenvalue weighted by Crippen LogP contribution is 2.27. The highest BCUT2D eigenvalue weighted by Gasteiger charge is 2.14.